The molecular weight excluding hydrogens is 635 g/mol. The van der Waals surface area contributed by atoms with Crippen molar-refractivity contribution in [2.75, 3.05) is 4.90 Å². The number of benzene rings is 5. The van der Waals surface area contributed by atoms with Gasteiger partial charge in [0.25, 0.3) is 0 Å². The van der Waals surface area contributed by atoms with Crippen LogP contribution in [0.1, 0.15) is 52.7 Å². The molecule has 256 valence electrons. The van der Waals surface area contributed by atoms with E-state index in [4.69, 9.17) is 15.0 Å². The highest BCUT2D eigenvalue weighted by molar-refractivity contribution is 5.91. The van der Waals surface area contributed by atoms with Gasteiger partial charge in [0, 0.05) is 46.1 Å². The van der Waals surface area contributed by atoms with E-state index in [0.29, 0.717) is 0 Å². The fourth-order valence-electron chi connectivity index (χ4n) is 6.99. The molecule has 0 fully saturated rings. The van der Waals surface area contributed by atoms with Crippen molar-refractivity contribution in [1.29, 1.82) is 0 Å². The summed E-state index contributed by atoms with van der Waals surface area (Å²) in [4.78, 5) is 18.1. The third-order valence-electron chi connectivity index (χ3n) is 9.68. The predicted molar refractivity (Wildman–Crippen MR) is 217 cm³/mol. The molecule has 3 aromatic heterocycles. The Balaban J connectivity index is 1.25. The maximum absolute atomic E-state index is 5.52. The lowest BCUT2D eigenvalue weighted by atomic mass is 9.80. The molecule has 0 radical (unpaired) electrons. The van der Waals surface area contributed by atoms with Crippen molar-refractivity contribution < 1.29 is 0 Å². The van der Waals surface area contributed by atoms with E-state index < -0.39 is 0 Å². The molecule has 0 aliphatic heterocycles. The first kappa shape index (κ1) is 33.1. The van der Waals surface area contributed by atoms with Gasteiger partial charge in [-0.15, -0.1) is 0 Å². The average molecular weight is 678 g/mol. The van der Waals surface area contributed by atoms with Crippen LogP contribution in [0, 0.1) is 0 Å². The minimum atomic E-state index is -0.102. The predicted octanol–water partition coefficient (Wildman–Crippen LogP) is 12.3. The van der Waals surface area contributed by atoms with Gasteiger partial charge in [0.1, 0.15) is 5.65 Å². The van der Waals surface area contributed by atoms with Crippen molar-refractivity contribution in [2.45, 2.75) is 52.4 Å². The average Bonchev–Trinajstić information content (AvgIpc) is 3.59. The molecule has 0 atom stereocenters. The van der Waals surface area contributed by atoms with Crippen LogP contribution in [0.3, 0.4) is 0 Å². The van der Waals surface area contributed by atoms with Gasteiger partial charge < -0.3 is 9.30 Å². The second-order valence-electron chi connectivity index (χ2n) is 15.5. The van der Waals surface area contributed by atoms with E-state index in [2.05, 4.69) is 172 Å². The number of hydrogen-bond acceptors (Lipinski definition) is 4. The van der Waals surface area contributed by atoms with Gasteiger partial charge in [-0.25, -0.2) is 15.0 Å². The van der Waals surface area contributed by atoms with Crippen molar-refractivity contribution in [3.63, 3.8) is 0 Å². The molecule has 0 amide bonds. The highest BCUT2D eigenvalue weighted by atomic mass is 15.1. The molecule has 5 heteroatoms. The van der Waals surface area contributed by atoms with E-state index in [1.54, 1.807) is 0 Å². The normalized spacial score (nSPS) is 12.0. The number of imidazole rings is 1. The number of pyridine rings is 1. The summed E-state index contributed by atoms with van der Waals surface area (Å²) in [6.07, 6.45) is 4.10. The zero-order valence-electron chi connectivity index (χ0n) is 30.7. The topological polar surface area (TPSA) is 46.3 Å². The lowest BCUT2D eigenvalue weighted by Crippen LogP contribution is -2.17. The highest BCUT2D eigenvalue weighted by Gasteiger charge is 2.27. The van der Waals surface area contributed by atoms with Crippen molar-refractivity contribution >= 4 is 33.7 Å². The minimum absolute atomic E-state index is 0.0909. The molecule has 5 aromatic carbocycles. The smallest absolute Gasteiger partial charge is 0.137 e. The fourth-order valence-corrected chi connectivity index (χ4v) is 6.99. The monoisotopic (exact) mass is 677 g/mol. The van der Waals surface area contributed by atoms with Crippen LogP contribution in [0.4, 0.5) is 17.1 Å². The van der Waals surface area contributed by atoms with Crippen molar-refractivity contribution in [1.82, 2.24) is 19.4 Å². The molecule has 0 N–H and O–H groups in total. The summed E-state index contributed by atoms with van der Waals surface area (Å²) in [5, 5.41) is 0. The lowest BCUT2D eigenvalue weighted by molar-refractivity contribution is 0.583. The fraction of sp³-hybridized carbons (Fsp3) is 0.170. The summed E-state index contributed by atoms with van der Waals surface area (Å²) in [7, 11) is 0. The van der Waals surface area contributed by atoms with Crippen LogP contribution in [0.5, 0.6) is 0 Å². The van der Waals surface area contributed by atoms with Crippen LogP contribution < -0.4 is 4.90 Å². The van der Waals surface area contributed by atoms with Crippen LogP contribution in [0.2, 0.25) is 0 Å². The van der Waals surface area contributed by atoms with Crippen molar-refractivity contribution in [3.05, 3.63) is 163 Å². The van der Waals surface area contributed by atoms with Gasteiger partial charge in [-0.05, 0) is 70.5 Å². The van der Waals surface area contributed by atoms with E-state index >= 15 is 0 Å². The molecule has 0 saturated heterocycles. The summed E-state index contributed by atoms with van der Waals surface area (Å²) in [5.74, 6) is 0. The molecule has 3 heterocycles. The zero-order valence-corrected chi connectivity index (χ0v) is 30.7. The summed E-state index contributed by atoms with van der Waals surface area (Å²) >= 11 is 0. The number of rotatable bonds is 6. The Morgan fingerprint density at radius 3 is 1.42 bits per heavy atom. The summed E-state index contributed by atoms with van der Waals surface area (Å²) in [6, 6.07) is 48.9. The summed E-state index contributed by atoms with van der Waals surface area (Å²) < 4.78 is 2.05. The first-order chi connectivity index (χ1) is 25.0. The number of aromatic nitrogens is 4. The third kappa shape index (κ3) is 6.24. The number of para-hydroxylation sites is 1. The largest absolute Gasteiger partial charge is 0.311 e. The van der Waals surface area contributed by atoms with Crippen molar-refractivity contribution in [3.8, 4) is 33.8 Å². The van der Waals surface area contributed by atoms with E-state index in [1.807, 2.05) is 30.5 Å². The minimum Gasteiger partial charge on any atom is -0.311 e. The van der Waals surface area contributed by atoms with Gasteiger partial charge in [-0.2, -0.15) is 0 Å². The van der Waals surface area contributed by atoms with Gasteiger partial charge >= 0.3 is 0 Å². The Labute approximate surface area is 306 Å². The molecule has 0 saturated carbocycles. The Hall–Kier alpha value is -6.07. The molecule has 5 nitrogen and oxygen atoms in total. The van der Waals surface area contributed by atoms with Gasteiger partial charge in [0.15, 0.2) is 0 Å². The number of nitrogens with zero attached hydrogens (tertiary/aromatic N) is 5. The lowest BCUT2D eigenvalue weighted by Gasteiger charge is -2.27. The third-order valence-corrected chi connectivity index (χ3v) is 9.68. The zero-order chi connectivity index (χ0) is 36.0. The number of anilines is 3. The second-order valence-corrected chi connectivity index (χ2v) is 15.5. The van der Waals surface area contributed by atoms with E-state index in [0.717, 1.165) is 67.5 Å². The number of hydrogen-bond donors (Lipinski definition) is 0. The summed E-state index contributed by atoms with van der Waals surface area (Å²) in [6.45, 7) is 13.5. The molecule has 0 unspecified atom stereocenters. The molecule has 0 bridgehead atoms. The van der Waals surface area contributed by atoms with E-state index in [-0.39, 0.29) is 10.8 Å². The molecule has 0 spiro atoms. The Bertz CT molecular complexity index is 2470. The van der Waals surface area contributed by atoms with Gasteiger partial charge in [-0.3, -0.25) is 0 Å². The van der Waals surface area contributed by atoms with Crippen LogP contribution in [0.25, 0.3) is 50.5 Å². The second kappa shape index (κ2) is 12.9. The van der Waals surface area contributed by atoms with E-state index in [9.17, 15) is 0 Å². The quantitative estimate of drug-likeness (QED) is 0.176. The standard InChI is InChI=1S/C47H43N5/c1-46(2,3)38-28-29-39(47(4,5)6)45-44(38)49-42(33-15-9-7-10-16-33)43(50-45)34-22-26-37(27-23-34)52(35-17-11-8-12-18-35)36-24-20-32(21-25-36)40-31-51-30-14-13-19-41(51)48-40/h7-31H,1-6H3. The number of fused-ring (bicyclic) bond motifs is 2. The molecule has 52 heavy (non-hydrogen) atoms. The molecular formula is C47H43N5. The van der Waals surface area contributed by atoms with Crippen molar-refractivity contribution in [2.24, 2.45) is 0 Å². The SMILES string of the molecule is CC(C)(C)c1ccc(C(C)(C)C)c2nc(-c3ccc(N(c4ccccc4)c4ccc(-c5cn6ccccc6n5)cc4)cc3)c(-c3ccccc3)nc12. The van der Waals surface area contributed by atoms with Gasteiger partial charge in [0.05, 0.1) is 28.1 Å². The van der Waals surface area contributed by atoms with Crippen LogP contribution in [0.15, 0.2) is 152 Å². The molecule has 8 rings (SSSR count). The molecule has 0 aliphatic carbocycles. The maximum atomic E-state index is 5.52. The van der Waals surface area contributed by atoms with Crippen LogP contribution in [-0.4, -0.2) is 19.4 Å². The van der Waals surface area contributed by atoms with Crippen LogP contribution in [-0.2, 0) is 10.8 Å². The highest BCUT2D eigenvalue weighted by Crippen LogP contribution is 2.41. The van der Waals surface area contributed by atoms with E-state index in [1.165, 1.54) is 11.1 Å². The van der Waals surface area contributed by atoms with Gasteiger partial charge in [0.2, 0.25) is 0 Å². The van der Waals surface area contributed by atoms with Crippen LogP contribution >= 0.6 is 0 Å². The Morgan fingerprint density at radius 2 is 0.904 bits per heavy atom. The Morgan fingerprint density at radius 1 is 0.442 bits per heavy atom. The summed E-state index contributed by atoms with van der Waals surface area (Å²) in [5.41, 5.74) is 14.1. The molecule has 8 aromatic rings. The first-order valence-electron chi connectivity index (χ1n) is 18.0. The molecule has 0 aliphatic rings. The Kier molecular flexibility index (Phi) is 8.22. The maximum Gasteiger partial charge on any atom is 0.137 e. The van der Waals surface area contributed by atoms with Gasteiger partial charge in [-0.1, -0.05) is 133 Å². The first-order valence-corrected chi connectivity index (χ1v) is 18.0.